The van der Waals surface area contributed by atoms with Crippen LogP contribution in [0.4, 0.5) is 0 Å². The van der Waals surface area contributed by atoms with Crippen molar-refractivity contribution in [2.24, 2.45) is 16.1 Å². The summed E-state index contributed by atoms with van der Waals surface area (Å²) in [6, 6.07) is 18.2. The van der Waals surface area contributed by atoms with Crippen LogP contribution in [-0.4, -0.2) is 37.7 Å². The van der Waals surface area contributed by atoms with E-state index in [0.717, 1.165) is 0 Å². The topological polar surface area (TPSA) is 165 Å². The first-order valence-electron chi connectivity index (χ1n) is 9.77. The SMILES string of the molecule is N/N=C\c1cccc(C[C@H](NC(=O)c2ccc(-c3ccccc3S(N)(=O)=O)cc2)C(=O)O)c1. The molecule has 0 bridgehead atoms. The second kappa shape index (κ2) is 10.1. The van der Waals surface area contributed by atoms with Crippen LogP contribution in [0.15, 0.2) is 82.8 Å². The van der Waals surface area contributed by atoms with Crippen molar-refractivity contribution in [3.05, 3.63) is 89.5 Å². The highest BCUT2D eigenvalue weighted by molar-refractivity contribution is 7.89. The predicted molar refractivity (Wildman–Crippen MR) is 124 cm³/mol. The minimum absolute atomic E-state index is 0.0324. The number of nitrogens with two attached hydrogens (primary N) is 2. The van der Waals surface area contributed by atoms with Gasteiger partial charge in [0.25, 0.3) is 5.91 Å². The van der Waals surface area contributed by atoms with Crippen molar-refractivity contribution in [2.45, 2.75) is 17.4 Å². The van der Waals surface area contributed by atoms with Gasteiger partial charge in [-0.1, -0.05) is 54.6 Å². The van der Waals surface area contributed by atoms with Gasteiger partial charge in [0.2, 0.25) is 10.0 Å². The smallest absolute Gasteiger partial charge is 0.326 e. The fourth-order valence-corrected chi connectivity index (χ4v) is 4.08. The molecule has 6 N–H and O–H groups in total. The van der Waals surface area contributed by atoms with Crippen LogP contribution >= 0.6 is 0 Å². The van der Waals surface area contributed by atoms with Gasteiger partial charge in [0.1, 0.15) is 6.04 Å². The van der Waals surface area contributed by atoms with Crippen molar-refractivity contribution in [2.75, 3.05) is 0 Å². The number of aliphatic carboxylic acids is 1. The zero-order valence-corrected chi connectivity index (χ0v) is 18.2. The van der Waals surface area contributed by atoms with Crippen LogP contribution in [0.2, 0.25) is 0 Å². The third kappa shape index (κ3) is 6.03. The highest BCUT2D eigenvalue weighted by Gasteiger charge is 2.22. The average Bonchev–Trinajstić information content (AvgIpc) is 2.78. The molecule has 0 aliphatic carbocycles. The normalized spacial score (nSPS) is 12.4. The van der Waals surface area contributed by atoms with Crippen molar-refractivity contribution in [1.29, 1.82) is 0 Å². The lowest BCUT2D eigenvalue weighted by molar-refractivity contribution is -0.139. The van der Waals surface area contributed by atoms with Crippen molar-refractivity contribution >= 4 is 28.1 Å². The van der Waals surface area contributed by atoms with E-state index < -0.39 is 27.9 Å². The van der Waals surface area contributed by atoms with Gasteiger partial charge in [-0.15, -0.1) is 0 Å². The van der Waals surface area contributed by atoms with Crippen LogP contribution < -0.4 is 16.3 Å². The first-order valence-corrected chi connectivity index (χ1v) is 11.3. The highest BCUT2D eigenvalue weighted by atomic mass is 32.2. The first kappa shape index (κ1) is 23.6. The zero-order valence-electron chi connectivity index (χ0n) is 17.4. The lowest BCUT2D eigenvalue weighted by Gasteiger charge is -2.15. The summed E-state index contributed by atoms with van der Waals surface area (Å²) in [6.45, 7) is 0. The highest BCUT2D eigenvalue weighted by Crippen LogP contribution is 2.26. The van der Waals surface area contributed by atoms with Gasteiger partial charge in [0, 0.05) is 17.5 Å². The molecule has 1 atom stereocenters. The van der Waals surface area contributed by atoms with Crippen molar-refractivity contribution < 1.29 is 23.1 Å². The number of hydrogen-bond donors (Lipinski definition) is 4. The molecule has 0 saturated carbocycles. The number of rotatable bonds is 8. The molecule has 0 unspecified atom stereocenters. The molecule has 0 fully saturated rings. The fourth-order valence-electron chi connectivity index (χ4n) is 3.32. The molecule has 170 valence electrons. The van der Waals surface area contributed by atoms with Gasteiger partial charge < -0.3 is 16.3 Å². The number of primary sulfonamides is 1. The molecular formula is C23H22N4O5S. The van der Waals surface area contributed by atoms with Gasteiger partial charge >= 0.3 is 5.97 Å². The summed E-state index contributed by atoms with van der Waals surface area (Å²) in [5, 5.41) is 20.8. The molecule has 33 heavy (non-hydrogen) atoms. The number of hydrazone groups is 1. The van der Waals surface area contributed by atoms with Gasteiger partial charge in [-0.05, 0) is 34.9 Å². The second-order valence-electron chi connectivity index (χ2n) is 7.21. The molecule has 3 aromatic rings. The maximum absolute atomic E-state index is 12.7. The van der Waals surface area contributed by atoms with Crippen LogP contribution in [0.1, 0.15) is 21.5 Å². The van der Waals surface area contributed by atoms with Gasteiger partial charge in [-0.25, -0.2) is 18.4 Å². The lowest BCUT2D eigenvalue weighted by Crippen LogP contribution is -2.42. The largest absolute Gasteiger partial charge is 0.480 e. The van der Waals surface area contributed by atoms with Crippen LogP contribution in [0.3, 0.4) is 0 Å². The Hall–Kier alpha value is -4.02. The summed E-state index contributed by atoms with van der Waals surface area (Å²) in [4.78, 5) is 24.4. The van der Waals surface area contributed by atoms with E-state index in [2.05, 4.69) is 10.4 Å². The van der Waals surface area contributed by atoms with Gasteiger partial charge in [0.15, 0.2) is 0 Å². The monoisotopic (exact) mass is 466 g/mol. The number of carboxylic acid groups (broad SMARTS) is 1. The van der Waals surface area contributed by atoms with E-state index in [9.17, 15) is 23.1 Å². The van der Waals surface area contributed by atoms with Crippen LogP contribution in [0, 0.1) is 0 Å². The minimum atomic E-state index is -3.93. The predicted octanol–water partition coefficient (Wildman–Crippen LogP) is 1.72. The Kier molecular flexibility index (Phi) is 7.21. The number of carbonyl (C=O) groups is 2. The van der Waals surface area contributed by atoms with E-state index in [1.165, 1.54) is 24.4 Å². The first-order chi connectivity index (χ1) is 15.7. The third-order valence-corrected chi connectivity index (χ3v) is 5.84. The van der Waals surface area contributed by atoms with Crippen LogP contribution in [0.5, 0.6) is 0 Å². The van der Waals surface area contributed by atoms with Gasteiger partial charge in [-0.2, -0.15) is 5.10 Å². The quantitative estimate of drug-likeness (QED) is 0.224. The van der Waals surface area contributed by atoms with E-state index in [0.29, 0.717) is 22.3 Å². The van der Waals surface area contributed by atoms with Crippen molar-refractivity contribution in [3.63, 3.8) is 0 Å². The van der Waals surface area contributed by atoms with E-state index in [-0.39, 0.29) is 16.9 Å². The summed E-state index contributed by atoms with van der Waals surface area (Å²) >= 11 is 0. The summed E-state index contributed by atoms with van der Waals surface area (Å²) in [6.07, 6.45) is 1.50. The number of nitrogens with one attached hydrogen (secondary N) is 1. The summed E-state index contributed by atoms with van der Waals surface area (Å²) in [5.41, 5.74) is 2.57. The van der Waals surface area contributed by atoms with E-state index in [4.69, 9.17) is 11.0 Å². The second-order valence-corrected chi connectivity index (χ2v) is 8.74. The Bertz CT molecular complexity index is 1300. The Morgan fingerprint density at radius 2 is 1.73 bits per heavy atom. The van der Waals surface area contributed by atoms with Gasteiger partial charge in [-0.3, -0.25) is 4.79 Å². The molecule has 0 radical (unpaired) electrons. The van der Waals surface area contributed by atoms with Crippen molar-refractivity contribution in [3.8, 4) is 11.1 Å². The zero-order chi connectivity index (χ0) is 24.0. The molecule has 0 aromatic heterocycles. The summed E-state index contributed by atoms with van der Waals surface area (Å²) in [5.74, 6) is 3.39. The Labute approximate surface area is 190 Å². The molecule has 1 amide bonds. The number of amides is 1. The Morgan fingerprint density at radius 1 is 1.03 bits per heavy atom. The average molecular weight is 467 g/mol. The molecule has 9 nitrogen and oxygen atoms in total. The van der Waals surface area contributed by atoms with Gasteiger partial charge in [0.05, 0.1) is 11.1 Å². The number of carboxylic acids is 1. The molecule has 3 rings (SSSR count). The molecule has 0 saturated heterocycles. The lowest BCUT2D eigenvalue weighted by atomic mass is 10.0. The van der Waals surface area contributed by atoms with E-state index >= 15 is 0 Å². The number of sulfonamides is 1. The molecule has 0 spiro atoms. The van der Waals surface area contributed by atoms with E-state index in [1.807, 2.05) is 0 Å². The molecule has 0 heterocycles. The number of hydrogen-bond acceptors (Lipinski definition) is 6. The maximum Gasteiger partial charge on any atom is 0.326 e. The molecule has 10 heteroatoms. The number of benzene rings is 3. The maximum atomic E-state index is 12.7. The van der Waals surface area contributed by atoms with Crippen molar-refractivity contribution in [1.82, 2.24) is 5.32 Å². The summed E-state index contributed by atoms with van der Waals surface area (Å²) < 4.78 is 23.7. The standard InChI is InChI=1S/C23H22N4O5S/c24-26-14-16-5-3-4-15(12-16)13-20(23(29)30)27-22(28)18-10-8-17(9-11-18)19-6-1-2-7-21(19)33(25,31)32/h1-12,14,20H,13,24H2,(H,27,28)(H,29,30)(H2,25,31,32)/b26-14-/t20-/m0/s1. The molecule has 3 aromatic carbocycles. The number of carbonyl (C=O) groups excluding carboxylic acids is 1. The minimum Gasteiger partial charge on any atom is -0.480 e. The van der Waals surface area contributed by atoms with Crippen LogP contribution in [-0.2, 0) is 21.2 Å². The third-order valence-electron chi connectivity index (χ3n) is 4.87. The molecule has 0 aliphatic rings. The van der Waals surface area contributed by atoms with Crippen LogP contribution in [0.25, 0.3) is 11.1 Å². The number of nitrogens with zero attached hydrogens (tertiary/aromatic N) is 1. The van der Waals surface area contributed by atoms with E-state index in [1.54, 1.807) is 54.6 Å². The Balaban J connectivity index is 1.78. The summed E-state index contributed by atoms with van der Waals surface area (Å²) in [7, 11) is -3.93. The Morgan fingerprint density at radius 3 is 2.36 bits per heavy atom. The molecule has 0 aliphatic heterocycles. The molecular weight excluding hydrogens is 444 g/mol. The fraction of sp³-hybridized carbons (Fsp3) is 0.0870.